The number of sulfonamides is 3. The Hall–Kier alpha value is -7.45. The fraction of sp³-hybridized carbons (Fsp3) is 0.116. The van der Waals surface area contributed by atoms with Crippen molar-refractivity contribution in [1.29, 1.82) is 0 Å². The Balaban J connectivity index is 0.000000151. The highest BCUT2D eigenvalue weighted by Gasteiger charge is 2.41. The van der Waals surface area contributed by atoms with Gasteiger partial charge >= 0.3 is 0 Å². The van der Waals surface area contributed by atoms with Crippen molar-refractivity contribution in [2.24, 2.45) is 0 Å². The summed E-state index contributed by atoms with van der Waals surface area (Å²) in [4.78, 5) is 50.3. The Bertz CT molecular complexity index is 3430. The molecule has 9 rings (SSSR count). The number of Topliss-reactive ketones (excluding diaryl/α,β-unsaturated/α-hetero) is 1. The number of aromatic nitrogens is 3. The largest absolute Gasteiger partial charge is 0.505 e. The summed E-state index contributed by atoms with van der Waals surface area (Å²) in [7, 11) is -7.91. The first-order chi connectivity index (χ1) is 32.2. The normalized spacial score (nSPS) is 16.2. The van der Waals surface area contributed by atoms with Crippen LogP contribution < -0.4 is 10.6 Å². The Labute approximate surface area is 397 Å². The minimum Gasteiger partial charge on any atom is -0.505 e. The molecule has 5 N–H and O–H groups in total. The van der Waals surface area contributed by atoms with E-state index >= 15 is 0 Å². The summed E-state index contributed by atoms with van der Waals surface area (Å²) in [5, 5.41) is 38.1. The molecule has 0 bridgehead atoms. The summed E-state index contributed by atoms with van der Waals surface area (Å²) in [5.74, 6) is -2.57. The van der Waals surface area contributed by atoms with Crippen LogP contribution >= 0.6 is 22.7 Å². The van der Waals surface area contributed by atoms with E-state index in [1.54, 1.807) is 72.2 Å². The van der Waals surface area contributed by atoms with Crippen molar-refractivity contribution in [3.05, 3.63) is 158 Å². The van der Waals surface area contributed by atoms with E-state index < -0.39 is 53.4 Å². The molecule has 0 spiro atoms. The van der Waals surface area contributed by atoms with Gasteiger partial charge in [-0.3, -0.25) is 27.3 Å². The van der Waals surface area contributed by atoms with Crippen LogP contribution in [0.3, 0.4) is 0 Å². The van der Waals surface area contributed by atoms with Gasteiger partial charge in [-0.2, -0.15) is 0 Å². The number of ketones is 1. The lowest BCUT2D eigenvalue weighted by atomic mass is 10.1. The fourth-order valence-electron chi connectivity index (χ4n) is 6.80. The fourth-order valence-corrected chi connectivity index (χ4v) is 13.0. The van der Waals surface area contributed by atoms with Crippen LogP contribution in [-0.4, -0.2) is 107 Å². The molecular formula is C43H38N8O12S5. The molecule has 0 unspecified atom stereocenters. The molecule has 2 amide bonds. The van der Waals surface area contributed by atoms with Gasteiger partial charge < -0.3 is 26.0 Å². The summed E-state index contributed by atoms with van der Waals surface area (Å²) < 4.78 is 77.2. The molecule has 25 heteroatoms. The van der Waals surface area contributed by atoms with Crippen molar-refractivity contribution in [3.8, 4) is 0 Å². The minimum atomic E-state index is -3.91. The Morgan fingerprint density at radius 1 is 0.574 bits per heavy atom. The van der Waals surface area contributed by atoms with Crippen molar-refractivity contribution in [2.45, 2.75) is 28.0 Å². The highest BCUT2D eigenvalue weighted by atomic mass is 32.2. The molecule has 3 aliphatic heterocycles. The number of likely N-dealkylation sites (N-methyl/N-ethyl adjacent to an activating group) is 3. The second-order valence-corrected chi connectivity index (χ2v) is 22.5. The van der Waals surface area contributed by atoms with Crippen LogP contribution in [0, 0.1) is 6.92 Å². The number of aliphatic hydroxyl groups excluding tert-OH is 3. The van der Waals surface area contributed by atoms with Crippen LogP contribution in [0.5, 0.6) is 0 Å². The molecule has 20 nitrogen and oxygen atoms in total. The van der Waals surface area contributed by atoms with E-state index in [0.29, 0.717) is 5.01 Å². The zero-order chi connectivity index (χ0) is 49.3. The van der Waals surface area contributed by atoms with Crippen molar-refractivity contribution >= 4 is 99.3 Å². The van der Waals surface area contributed by atoms with E-state index in [-0.39, 0.29) is 77.4 Å². The maximum Gasteiger partial charge on any atom is 0.278 e. The topological polar surface area (TPSA) is 287 Å². The van der Waals surface area contributed by atoms with Crippen molar-refractivity contribution in [2.75, 3.05) is 31.8 Å². The number of hydrogen-bond acceptors (Lipinski definition) is 17. The van der Waals surface area contributed by atoms with Crippen LogP contribution in [0.25, 0.3) is 17.3 Å². The second kappa shape index (κ2) is 19.0. The van der Waals surface area contributed by atoms with E-state index in [0.717, 1.165) is 29.1 Å². The summed E-state index contributed by atoms with van der Waals surface area (Å²) >= 11 is 2.42. The molecule has 0 atom stereocenters. The number of pyridine rings is 2. The van der Waals surface area contributed by atoms with Gasteiger partial charge in [0.2, 0.25) is 0 Å². The molecule has 4 aromatic heterocycles. The van der Waals surface area contributed by atoms with Gasteiger partial charge in [0.25, 0.3) is 41.9 Å². The van der Waals surface area contributed by atoms with Gasteiger partial charge in [-0.25, -0.2) is 40.2 Å². The number of fused-ring (bicyclic) bond motifs is 3. The molecule has 352 valence electrons. The number of nitrogens with zero attached hydrogens (tertiary/aromatic N) is 6. The third-order valence-corrected chi connectivity index (χ3v) is 17.5. The molecule has 3 aliphatic rings. The van der Waals surface area contributed by atoms with Crippen LogP contribution in [0.1, 0.15) is 25.9 Å². The van der Waals surface area contributed by atoms with Gasteiger partial charge in [0.15, 0.2) is 34.5 Å². The number of thiophene rings is 1. The van der Waals surface area contributed by atoms with Gasteiger partial charge in [-0.15, -0.1) is 22.7 Å². The highest BCUT2D eigenvalue weighted by Crippen LogP contribution is 2.39. The SMILES string of the molecule is CN1C(C(=O)Nc2ccccn2)=C(O)c2ccccc2S1(=O)=O.CN1C(C(=O)Nc2ccccn2)=C(O)c2sccc2S1(=O)=O.Cc1cnc(CC(=O)C2=C(O)c3ccccc3S(=O)(=O)N2C)s1. The van der Waals surface area contributed by atoms with E-state index in [1.807, 2.05) is 6.92 Å². The molecule has 0 saturated carbocycles. The monoisotopic (exact) mass is 1020 g/mol. The highest BCUT2D eigenvalue weighted by molar-refractivity contribution is 7.90. The second-order valence-electron chi connectivity index (χ2n) is 14.4. The lowest BCUT2D eigenvalue weighted by Gasteiger charge is -2.28. The Morgan fingerprint density at radius 2 is 1.01 bits per heavy atom. The number of allylic oxidation sites excluding steroid dienone is 1. The Kier molecular flexibility index (Phi) is 13.6. The molecular weight excluding hydrogens is 981 g/mol. The van der Waals surface area contributed by atoms with E-state index in [1.165, 1.54) is 75.2 Å². The molecule has 0 radical (unpaired) electrons. The number of thiazole rings is 1. The number of benzene rings is 2. The number of hydrogen-bond donors (Lipinski definition) is 5. The van der Waals surface area contributed by atoms with Crippen molar-refractivity contribution in [1.82, 2.24) is 27.9 Å². The van der Waals surface area contributed by atoms with Gasteiger partial charge in [0.05, 0.1) is 21.1 Å². The summed E-state index contributed by atoms with van der Waals surface area (Å²) in [6.45, 7) is 1.87. The average molecular weight is 1020 g/mol. The van der Waals surface area contributed by atoms with Gasteiger partial charge in [-0.05, 0) is 66.9 Å². The maximum absolute atomic E-state index is 12.5. The minimum absolute atomic E-state index is 0.00751. The third kappa shape index (κ3) is 9.15. The number of rotatable bonds is 7. The maximum atomic E-state index is 12.5. The summed E-state index contributed by atoms with van der Waals surface area (Å²) in [6, 6.07) is 23.3. The predicted molar refractivity (Wildman–Crippen MR) is 252 cm³/mol. The smallest absolute Gasteiger partial charge is 0.278 e. The lowest BCUT2D eigenvalue weighted by Crippen LogP contribution is -2.37. The van der Waals surface area contributed by atoms with Gasteiger partial charge in [0, 0.05) is 55.7 Å². The lowest BCUT2D eigenvalue weighted by molar-refractivity contribution is -0.116. The molecule has 2 aromatic carbocycles. The van der Waals surface area contributed by atoms with Crippen molar-refractivity contribution in [3.63, 3.8) is 0 Å². The van der Waals surface area contributed by atoms with Crippen molar-refractivity contribution < 1.29 is 55.0 Å². The first-order valence-electron chi connectivity index (χ1n) is 19.6. The van der Waals surface area contributed by atoms with Gasteiger partial charge in [0.1, 0.15) is 27.2 Å². The standard InChI is InChI=1S/C15H13N3O4S.C15H14N2O4S2.C13H11N3O4S2/c1-18-13(15(20)17-12-8-4-5-9-16-12)14(19)10-6-2-3-7-11(10)23(18,21)22;1-9-8-16-13(22-9)7-11(18)14-15(19)10-5-3-4-6-12(10)23(20,21)17(14)2;1-16-10(13(18)15-9-4-2-3-6-14-9)11(17)12-8(5-7-21-12)22(16,19)20/h2-9,19H,1H3,(H,16,17,20);3-6,8,19H,7H2,1-2H3;2-7,17H,1H3,(H,14,15,18). The molecule has 0 fully saturated rings. The van der Waals surface area contributed by atoms with E-state index in [2.05, 4.69) is 25.6 Å². The number of amides is 2. The first-order valence-corrected chi connectivity index (χ1v) is 25.6. The van der Waals surface area contributed by atoms with E-state index in [4.69, 9.17) is 0 Å². The zero-order valence-electron chi connectivity index (χ0n) is 35.9. The molecule has 6 aromatic rings. The predicted octanol–water partition coefficient (Wildman–Crippen LogP) is 5.35. The number of aryl methyl sites for hydroxylation is 1. The zero-order valence-corrected chi connectivity index (χ0v) is 40.0. The third-order valence-electron chi connectivity index (χ3n) is 10.1. The molecule has 0 aliphatic carbocycles. The Morgan fingerprint density at radius 3 is 1.49 bits per heavy atom. The average Bonchev–Trinajstić information content (AvgIpc) is 3.99. The van der Waals surface area contributed by atoms with Gasteiger partial charge in [-0.1, -0.05) is 36.4 Å². The molecule has 0 saturated heterocycles. The molecule has 7 heterocycles. The quantitative estimate of drug-likeness (QED) is 0.135. The molecule has 68 heavy (non-hydrogen) atoms. The van der Waals surface area contributed by atoms with Crippen LogP contribution in [0.4, 0.5) is 11.6 Å². The summed E-state index contributed by atoms with van der Waals surface area (Å²) in [6.07, 6.45) is 4.57. The first kappa shape index (κ1) is 48.5. The number of carbonyl (C=O) groups is 3. The number of aliphatic hydroxyl groups is 3. The number of carbonyl (C=O) groups excluding carboxylic acids is 3. The number of nitrogens with one attached hydrogen (secondary N) is 2. The number of anilines is 2. The van der Waals surface area contributed by atoms with Crippen LogP contribution in [0.15, 0.2) is 147 Å². The van der Waals surface area contributed by atoms with Crippen LogP contribution in [0.2, 0.25) is 0 Å². The summed E-state index contributed by atoms with van der Waals surface area (Å²) in [5.41, 5.74) is -0.674. The van der Waals surface area contributed by atoms with E-state index in [9.17, 15) is 55.0 Å². The van der Waals surface area contributed by atoms with Crippen LogP contribution in [-0.2, 0) is 50.9 Å².